The lowest BCUT2D eigenvalue weighted by atomic mass is 10.1. The predicted octanol–water partition coefficient (Wildman–Crippen LogP) is 2.81. The zero-order valence-corrected chi connectivity index (χ0v) is 17.5. The molecular formula is C21H25F2N5O3. The average molecular weight is 433 g/mol. The number of hydrogen-bond donors (Lipinski definition) is 3. The van der Waals surface area contributed by atoms with E-state index >= 15 is 0 Å². The number of rotatable bonds is 5. The Bertz CT molecular complexity index is 1100. The summed E-state index contributed by atoms with van der Waals surface area (Å²) in [6, 6.07) is 0.831. The third kappa shape index (κ3) is 4.10. The van der Waals surface area contributed by atoms with Crippen LogP contribution in [0, 0.1) is 11.6 Å². The number of pyridine rings is 1. The molecule has 1 aliphatic heterocycles. The predicted molar refractivity (Wildman–Crippen MR) is 110 cm³/mol. The van der Waals surface area contributed by atoms with E-state index in [4.69, 9.17) is 4.74 Å². The Balaban J connectivity index is 1.78. The van der Waals surface area contributed by atoms with Crippen LogP contribution in [0.2, 0.25) is 0 Å². The highest BCUT2D eigenvalue weighted by molar-refractivity contribution is 5.64. The first kappa shape index (κ1) is 21.5. The van der Waals surface area contributed by atoms with Gasteiger partial charge in [0.1, 0.15) is 5.69 Å². The van der Waals surface area contributed by atoms with Gasteiger partial charge in [-0.25, -0.2) is 23.7 Å². The molecule has 0 spiro atoms. The molecule has 3 aromatic rings. The Morgan fingerprint density at radius 1 is 1.23 bits per heavy atom. The number of aromatic nitrogens is 4. The Hall–Kier alpha value is -2.69. The van der Waals surface area contributed by atoms with Crippen LogP contribution in [0.5, 0.6) is 0 Å². The number of nitrogens with zero attached hydrogens (tertiary/aromatic N) is 4. The van der Waals surface area contributed by atoms with E-state index in [0.29, 0.717) is 24.4 Å². The molecule has 166 valence electrons. The zero-order chi connectivity index (χ0) is 22.3. The van der Waals surface area contributed by atoms with E-state index in [9.17, 15) is 19.0 Å². The monoisotopic (exact) mass is 433 g/mol. The molecule has 3 atom stereocenters. The van der Waals surface area contributed by atoms with Crippen LogP contribution in [0.1, 0.15) is 50.6 Å². The molecule has 4 rings (SSSR count). The van der Waals surface area contributed by atoms with Gasteiger partial charge in [0, 0.05) is 18.4 Å². The Morgan fingerprint density at radius 2 is 2.00 bits per heavy atom. The summed E-state index contributed by atoms with van der Waals surface area (Å²) >= 11 is 0. The average Bonchev–Trinajstić information content (AvgIpc) is 3.12. The fourth-order valence-electron chi connectivity index (χ4n) is 3.85. The van der Waals surface area contributed by atoms with Gasteiger partial charge in [0.2, 0.25) is 5.95 Å². The van der Waals surface area contributed by atoms with Crippen molar-refractivity contribution in [3.63, 3.8) is 0 Å². The van der Waals surface area contributed by atoms with E-state index in [-0.39, 0.29) is 41.4 Å². The van der Waals surface area contributed by atoms with Gasteiger partial charge in [-0.1, -0.05) is 13.8 Å². The van der Waals surface area contributed by atoms with Gasteiger partial charge in [0.15, 0.2) is 17.3 Å². The van der Waals surface area contributed by atoms with E-state index in [1.807, 2.05) is 13.8 Å². The molecule has 3 aromatic heterocycles. The summed E-state index contributed by atoms with van der Waals surface area (Å²) < 4.78 is 36.3. The lowest BCUT2D eigenvalue weighted by Crippen LogP contribution is -2.42. The minimum atomic E-state index is -0.877. The van der Waals surface area contributed by atoms with Gasteiger partial charge in [0.05, 0.1) is 42.4 Å². The van der Waals surface area contributed by atoms with Crippen LogP contribution < -0.4 is 5.32 Å². The smallest absolute Gasteiger partial charge is 0.223 e. The minimum absolute atomic E-state index is 0.0569. The van der Waals surface area contributed by atoms with Crippen molar-refractivity contribution in [2.24, 2.45) is 0 Å². The highest BCUT2D eigenvalue weighted by atomic mass is 19.1. The number of aliphatic hydroxyl groups excluding tert-OH is 2. The summed E-state index contributed by atoms with van der Waals surface area (Å²) in [5.74, 6) is -1.29. The molecule has 1 aliphatic rings. The molecule has 4 heterocycles. The maximum absolute atomic E-state index is 14.9. The minimum Gasteiger partial charge on any atom is -0.389 e. The first-order chi connectivity index (χ1) is 14.8. The van der Waals surface area contributed by atoms with Crippen molar-refractivity contribution in [3.05, 3.63) is 41.5 Å². The number of anilines is 1. The summed E-state index contributed by atoms with van der Waals surface area (Å²) in [7, 11) is 0. The van der Waals surface area contributed by atoms with Crippen LogP contribution in [0.15, 0.2) is 18.5 Å². The van der Waals surface area contributed by atoms with Crippen molar-refractivity contribution in [2.45, 2.75) is 51.4 Å². The van der Waals surface area contributed by atoms with Gasteiger partial charge in [-0.3, -0.25) is 0 Å². The zero-order valence-electron chi connectivity index (χ0n) is 17.5. The molecule has 0 saturated carbocycles. The third-order valence-corrected chi connectivity index (χ3v) is 5.34. The van der Waals surface area contributed by atoms with Gasteiger partial charge in [-0.15, -0.1) is 0 Å². The van der Waals surface area contributed by atoms with E-state index in [1.54, 1.807) is 13.1 Å². The topological polar surface area (TPSA) is 105 Å². The SMILES string of the molecule is CC(C)c1c(C(C)O)nc2c(F)cc(-c3nc(N[C@@H]4CCOC[C@H]4O)ncc3F)cn12. The number of imidazole rings is 1. The quantitative estimate of drug-likeness (QED) is 0.568. The Kier molecular flexibility index (Phi) is 5.87. The summed E-state index contributed by atoms with van der Waals surface area (Å²) in [6.45, 7) is 6.06. The van der Waals surface area contributed by atoms with Crippen molar-refractivity contribution < 1.29 is 23.7 Å². The third-order valence-electron chi connectivity index (χ3n) is 5.34. The first-order valence-electron chi connectivity index (χ1n) is 10.2. The molecule has 3 N–H and O–H groups in total. The Labute approximate surface area is 177 Å². The van der Waals surface area contributed by atoms with Crippen molar-refractivity contribution >= 4 is 11.6 Å². The van der Waals surface area contributed by atoms with E-state index in [0.717, 1.165) is 12.3 Å². The second-order valence-electron chi connectivity index (χ2n) is 8.06. The Morgan fingerprint density at radius 3 is 2.68 bits per heavy atom. The molecule has 8 nitrogen and oxygen atoms in total. The second-order valence-corrected chi connectivity index (χ2v) is 8.06. The lowest BCUT2D eigenvalue weighted by molar-refractivity contribution is -0.0136. The molecule has 0 bridgehead atoms. The molecule has 10 heteroatoms. The maximum atomic E-state index is 14.9. The van der Waals surface area contributed by atoms with Gasteiger partial charge in [0.25, 0.3) is 0 Å². The second kappa shape index (κ2) is 8.45. The number of fused-ring (bicyclic) bond motifs is 1. The normalized spacial score (nSPS) is 20.4. The molecule has 0 radical (unpaired) electrons. The molecule has 0 aliphatic carbocycles. The first-order valence-corrected chi connectivity index (χ1v) is 10.2. The summed E-state index contributed by atoms with van der Waals surface area (Å²) in [5, 5.41) is 23.1. The number of nitrogens with one attached hydrogen (secondary N) is 1. The number of ether oxygens (including phenoxy) is 1. The van der Waals surface area contributed by atoms with Gasteiger partial charge < -0.3 is 24.7 Å². The molecule has 1 unspecified atom stereocenters. The van der Waals surface area contributed by atoms with E-state index in [1.165, 1.54) is 4.40 Å². The number of aliphatic hydroxyl groups is 2. The lowest BCUT2D eigenvalue weighted by Gasteiger charge is -2.28. The largest absolute Gasteiger partial charge is 0.389 e. The highest BCUT2D eigenvalue weighted by Crippen LogP contribution is 2.30. The standard InChI is InChI=1S/C21H25F2N5O3/c1-10(2)19-17(11(3)29)26-20-13(22)6-12(8-28(19)20)18-14(23)7-24-21(27-18)25-15-4-5-31-9-16(15)30/h6-8,10-11,15-16,29-30H,4-5,9H2,1-3H3,(H,24,25,27)/t11?,15-,16-/m1/s1. The molecule has 1 fully saturated rings. The maximum Gasteiger partial charge on any atom is 0.223 e. The summed E-state index contributed by atoms with van der Waals surface area (Å²) in [4.78, 5) is 12.4. The van der Waals surface area contributed by atoms with Crippen molar-refractivity contribution in [1.82, 2.24) is 19.4 Å². The summed E-state index contributed by atoms with van der Waals surface area (Å²) in [6.07, 6.45) is 1.50. The molecule has 0 amide bonds. The van der Waals surface area contributed by atoms with Gasteiger partial charge >= 0.3 is 0 Å². The summed E-state index contributed by atoms with van der Waals surface area (Å²) in [5.41, 5.74) is 1.20. The van der Waals surface area contributed by atoms with Crippen LogP contribution in [-0.4, -0.2) is 54.9 Å². The molecule has 0 aromatic carbocycles. The van der Waals surface area contributed by atoms with Gasteiger partial charge in [-0.2, -0.15) is 0 Å². The molecule has 1 saturated heterocycles. The molecular weight excluding hydrogens is 408 g/mol. The van der Waals surface area contributed by atoms with Crippen molar-refractivity contribution in [3.8, 4) is 11.3 Å². The van der Waals surface area contributed by atoms with Crippen LogP contribution >= 0.6 is 0 Å². The number of hydrogen-bond acceptors (Lipinski definition) is 7. The van der Waals surface area contributed by atoms with Crippen molar-refractivity contribution in [1.29, 1.82) is 0 Å². The number of halogens is 2. The van der Waals surface area contributed by atoms with Gasteiger partial charge in [-0.05, 0) is 25.3 Å². The van der Waals surface area contributed by atoms with Crippen LogP contribution in [0.3, 0.4) is 0 Å². The fraction of sp³-hybridized carbons (Fsp3) is 0.476. The van der Waals surface area contributed by atoms with E-state index < -0.39 is 23.8 Å². The fourth-order valence-corrected chi connectivity index (χ4v) is 3.85. The van der Waals surface area contributed by atoms with Crippen LogP contribution in [0.4, 0.5) is 14.7 Å². The van der Waals surface area contributed by atoms with Crippen molar-refractivity contribution in [2.75, 3.05) is 18.5 Å². The van der Waals surface area contributed by atoms with Crippen LogP contribution in [-0.2, 0) is 4.74 Å². The van der Waals surface area contributed by atoms with Crippen LogP contribution in [0.25, 0.3) is 16.9 Å². The highest BCUT2D eigenvalue weighted by Gasteiger charge is 2.25. The van der Waals surface area contributed by atoms with E-state index in [2.05, 4.69) is 20.3 Å². The molecule has 31 heavy (non-hydrogen) atoms.